The van der Waals surface area contributed by atoms with E-state index in [1.54, 1.807) is 0 Å². The van der Waals surface area contributed by atoms with Crippen molar-refractivity contribution in [3.8, 4) is 0 Å². The van der Waals surface area contributed by atoms with Crippen LogP contribution in [0.2, 0.25) is 0 Å². The number of benzene rings is 1. The smallest absolute Gasteiger partial charge is 0.328 e. The maximum absolute atomic E-state index is 13.8. The van der Waals surface area contributed by atoms with Crippen LogP contribution in [0, 0.1) is 27.7 Å². The van der Waals surface area contributed by atoms with Crippen LogP contribution in [0.3, 0.4) is 0 Å². The van der Waals surface area contributed by atoms with Gasteiger partial charge in [0.25, 0.3) is 5.69 Å². The second kappa shape index (κ2) is 6.96. The van der Waals surface area contributed by atoms with Gasteiger partial charge in [0.05, 0.1) is 24.2 Å². The number of nitro groups is 1. The summed E-state index contributed by atoms with van der Waals surface area (Å²) < 4.78 is 32.1. The molecule has 1 N–H and O–H groups in total. The van der Waals surface area contributed by atoms with Crippen LogP contribution in [-0.2, 0) is 9.53 Å². The average Bonchev–Trinajstić information content (AvgIpc) is 2.39. The molecule has 0 aliphatic carbocycles. The van der Waals surface area contributed by atoms with Crippen LogP contribution >= 0.6 is 0 Å². The molecular formula is C13H16F2N2O4. The van der Waals surface area contributed by atoms with E-state index in [0.717, 1.165) is 0 Å². The Morgan fingerprint density at radius 2 is 1.90 bits per heavy atom. The Labute approximate surface area is 120 Å². The molecule has 0 saturated carbocycles. The Hall–Kier alpha value is -2.25. The van der Waals surface area contributed by atoms with Crippen molar-refractivity contribution in [1.29, 1.82) is 0 Å². The predicted octanol–water partition coefficient (Wildman–Crippen LogP) is 2.87. The van der Waals surface area contributed by atoms with E-state index < -0.39 is 39.9 Å². The highest BCUT2D eigenvalue weighted by Crippen LogP contribution is 2.26. The molecule has 116 valence electrons. The van der Waals surface area contributed by atoms with Crippen LogP contribution in [0.4, 0.5) is 20.2 Å². The summed E-state index contributed by atoms with van der Waals surface area (Å²) in [6.45, 7) is 3.67. The van der Waals surface area contributed by atoms with Crippen molar-refractivity contribution < 1.29 is 23.2 Å². The quantitative estimate of drug-likeness (QED) is 0.496. The number of hydrogen-bond acceptors (Lipinski definition) is 5. The van der Waals surface area contributed by atoms with E-state index in [9.17, 15) is 23.7 Å². The van der Waals surface area contributed by atoms with Gasteiger partial charge in [0.2, 0.25) is 0 Å². The lowest BCUT2D eigenvalue weighted by Gasteiger charge is -2.20. The zero-order valence-corrected chi connectivity index (χ0v) is 11.9. The fourth-order valence-corrected chi connectivity index (χ4v) is 1.81. The molecule has 1 unspecified atom stereocenters. The number of non-ortho nitro benzene ring substituents is 1. The predicted molar refractivity (Wildman–Crippen MR) is 71.9 cm³/mol. The van der Waals surface area contributed by atoms with Crippen LogP contribution in [0.1, 0.15) is 20.3 Å². The summed E-state index contributed by atoms with van der Waals surface area (Å²) in [4.78, 5) is 21.2. The summed E-state index contributed by atoms with van der Waals surface area (Å²) in [6.07, 6.45) is 0.294. The van der Waals surface area contributed by atoms with Gasteiger partial charge in [-0.2, -0.15) is 0 Å². The Morgan fingerprint density at radius 3 is 2.29 bits per heavy atom. The van der Waals surface area contributed by atoms with Gasteiger partial charge in [0, 0.05) is 0 Å². The lowest BCUT2D eigenvalue weighted by atomic mass is 10.0. The van der Waals surface area contributed by atoms with E-state index in [4.69, 9.17) is 0 Å². The van der Waals surface area contributed by atoms with Gasteiger partial charge < -0.3 is 10.1 Å². The zero-order chi connectivity index (χ0) is 16.2. The average molecular weight is 302 g/mol. The number of ether oxygens (including phenoxy) is 1. The summed E-state index contributed by atoms with van der Waals surface area (Å²) in [5, 5.41) is 12.9. The zero-order valence-electron chi connectivity index (χ0n) is 11.9. The number of nitrogens with one attached hydrogen (secondary N) is 1. The molecule has 0 fully saturated rings. The first-order valence-electron chi connectivity index (χ1n) is 6.24. The normalized spacial score (nSPS) is 12.1. The summed E-state index contributed by atoms with van der Waals surface area (Å²) in [5.74, 6) is -2.87. The van der Waals surface area contributed by atoms with Crippen LogP contribution in [0.25, 0.3) is 0 Å². The molecule has 1 aromatic carbocycles. The summed E-state index contributed by atoms with van der Waals surface area (Å²) >= 11 is 0. The van der Waals surface area contributed by atoms with Crippen molar-refractivity contribution >= 4 is 17.3 Å². The first kappa shape index (κ1) is 16.8. The SMILES string of the molecule is COC(=O)C(CC(C)C)Nc1c(F)cc([N+](=O)[O-])cc1F. The highest BCUT2D eigenvalue weighted by Gasteiger charge is 2.25. The van der Waals surface area contributed by atoms with Gasteiger partial charge in [-0.05, 0) is 12.3 Å². The lowest BCUT2D eigenvalue weighted by molar-refractivity contribution is -0.385. The van der Waals surface area contributed by atoms with Gasteiger partial charge >= 0.3 is 5.97 Å². The molecule has 0 bridgehead atoms. The van der Waals surface area contributed by atoms with E-state index in [1.807, 2.05) is 13.8 Å². The third kappa shape index (κ3) is 4.37. The van der Waals surface area contributed by atoms with Crippen LogP contribution < -0.4 is 5.32 Å². The number of carbonyl (C=O) groups excluding carboxylic acids is 1. The molecule has 0 aromatic heterocycles. The van der Waals surface area contributed by atoms with E-state index in [0.29, 0.717) is 18.6 Å². The fraction of sp³-hybridized carbons (Fsp3) is 0.462. The summed E-state index contributed by atoms with van der Waals surface area (Å²) in [6, 6.07) is 0.241. The number of esters is 1. The van der Waals surface area contributed by atoms with Crippen LogP contribution in [0.15, 0.2) is 12.1 Å². The van der Waals surface area contributed by atoms with Crippen LogP contribution in [-0.4, -0.2) is 24.0 Å². The largest absolute Gasteiger partial charge is 0.467 e. The van der Waals surface area contributed by atoms with Gasteiger partial charge in [-0.15, -0.1) is 0 Å². The van der Waals surface area contributed by atoms with Crippen LogP contribution in [0.5, 0.6) is 0 Å². The molecule has 0 radical (unpaired) electrons. The summed E-state index contributed by atoms with van der Waals surface area (Å²) in [7, 11) is 1.17. The van der Waals surface area contributed by atoms with E-state index in [2.05, 4.69) is 10.1 Å². The second-order valence-electron chi connectivity index (χ2n) is 4.89. The first-order valence-corrected chi connectivity index (χ1v) is 6.24. The lowest BCUT2D eigenvalue weighted by Crippen LogP contribution is -2.32. The molecule has 1 rings (SSSR count). The maximum atomic E-state index is 13.8. The fourth-order valence-electron chi connectivity index (χ4n) is 1.81. The van der Waals surface area contributed by atoms with Crippen molar-refractivity contribution in [3.05, 3.63) is 33.9 Å². The minimum absolute atomic E-state index is 0.0748. The number of nitro benzene ring substituents is 1. The Kier molecular flexibility index (Phi) is 5.57. The molecule has 6 nitrogen and oxygen atoms in total. The van der Waals surface area contributed by atoms with Crippen molar-refractivity contribution in [2.75, 3.05) is 12.4 Å². The van der Waals surface area contributed by atoms with E-state index >= 15 is 0 Å². The number of halogens is 2. The van der Waals surface area contributed by atoms with Gasteiger partial charge in [0.15, 0.2) is 11.6 Å². The van der Waals surface area contributed by atoms with Gasteiger partial charge in [-0.1, -0.05) is 13.8 Å². The van der Waals surface area contributed by atoms with Crippen molar-refractivity contribution in [3.63, 3.8) is 0 Å². The number of rotatable bonds is 6. The molecule has 21 heavy (non-hydrogen) atoms. The highest BCUT2D eigenvalue weighted by molar-refractivity contribution is 5.79. The minimum atomic E-state index is -1.14. The third-order valence-electron chi connectivity index (χ3n) is 2.75. The number of hydrogen-bond donors (Lipinski definition) is 1. The molecule has 0 saturated heterocycles. The topological polar surface area (TPSA) is 81.5 Å². The van der Waals surface area contributed by atoms with E-state index in [-0.39, 0.29) is 5.92 Å². The highest BCUT2D eigenvalue weighted by atomic mass is 19.1. The Morgan fingerprint density at radius 1 is 1.38 bits per heavy atom. The number of nitrogens with zero attached hydrogens (tertiary/aromatic N) is 1. The monoisotopic (exact) mass is 302 g/mol. The maximum Gasteiger partial charge on any atom is 0.328 e. The number of carbonyl (C=O) groups is 1. The standard InChI is InChI=1S/C13H16F2N2O4/c1-7(2)4-11(13(18)21-3)16-12-9(14)5-8(17(19)20)6-10(12)15/h5-7,11,16H,4H2,1-3H3. The molecule has 1 aromatic rings. The molecule has 0 spiro atoms. The molecule has 0 aliphatic rings. The van der Waals surface area contributed by atoms with Gasteiger partial charge in [-0.3, -0.25) is 10.1 Å². The molecule has 8 heteroatoms. The van der Waals surface area contributed by atoms with Gasteiger partial charge in [-0.25, -0.2) is 13.6 Å². The Balaban J connectivity index is 3.09. The minimum Gasteiger partial charge on any atom is -0.467 e. The number of anilines is 1. The molecular weight excluding hydrogens is 286 g/mol. The summed E-state index contributed by atoms with van der Waals surface area (Å²) in [5.41, 5.74) is -1.29. The Bertz CT molecular complexity index is 526. The van der Waals surface area contributed by atoms with Crippen molar-refractivity contribution in [1.82, 2.24) is 0 Å². The molecule has 1 atom stereocenters. The second-order valence-corrected chi connectivity index (χ2v) is 4.89. The molecule has 0 aliphatic heterocycles. The van der Waals surface area contributed by atoms with Gasteiger partial charge in [0.1, 0.15) is 11.7 Å². The third-order valence-corrected chi connectivity index (χ3v) is 2.75. The van der Waals surface area contributed by atoms with Crippen molar-refractivity contribution in [2.45, 2.75) is 26.3 Å². The van der Waals surface area contributed by atoms with E-state index in [1.165, 1.54) is 7.11 Å². The first-order chi connectivity index (χ1) is 9.76. The molecule has 0 heterocycles. The number of methoxy groups -OCH3 is 1. The van der Waals surface area contributed by atoms with Crippen molar-refractivity contribution in [2.24, 2.45) is 5.92 Å². The molecule has 0 amide bonds.